The van der Waals surface area contributed by atoms with Gasteiger partial charge in [0.15, 0.2) is 0 Å². The normalized spacial score (nSPS) is 21.7. The van der Waals surface area contributed by atoms with Gasteiger partial charge in [-0.2, -0.15) is 0 Å². The van der Waals surface area contributed by atoms with Crippen LogP contribution in [0.3, 0.4) is 0 Å². The minimum Gasteiger partial charge on any atom is -0.306 e. The zero-order valence-corrected chi connectivity index (χ0v) is 28.9. The molecular formula is C25H60Cl6N6. The molecular weight excluding hydrogens is 597 g/mol. The molecule has 0 N–H and O–H groups in total. The van der Waals surface area contributed by atoms with Crippen LogP contribution in [0.25, 0.3) is 0 Å². The van der Waals surface area contributed by atoms with E-state index in [1.54, 1.807) is 0 Å². The summed E-state index contributed by atoms with van der Waals surface area (Å²) in [6.07, 6.45) is 9.18. The molecule has 2 aliphatic rings. The minimum absolute atomic E-state index is 0. The summed E-state index contributed by atoms with van der Waals surface area (Å²) in [5.74, 6) is 0. The van der Waals surface area contributed by atoms with Crippen molar-refractivity contribution in [2.24, 2.45) is 0 Å². The molecule has 2 rings (SSSR count). The van der Waals surface area contributed by atoms with Gasteiger partial charge in [-0.1, -0.05) is 0 Å². The van der Waals surface area contributed by atoms with Crippen molar-refractivity contribution in [2.45, 2.75) is 44.9 Å². The third-order valence-electron chi connectivity index (χ3n) is 7.16. The highest BCUT2D eigenvalue weighted by atomic mass is 35.5. The fraction of sp³-hybridized carbons (Fsp3) is 1.00. The zero-order valence-electron chi connectivity index (χ0n) is 24.0. The van der Waals surface area contributed by atoms with E-state index in [-0.39, 0.29) is 74.4 Å². The van der Waals surface area contributed by atoms with Crippen LogP contribution in [0.2, 0.25) is 0 Å². The fourth-order valence-corrected chi connectivity index (χ4v) is 5.11. The Hall–Kier alpha value is 1.50. The molecule has 0 bridgehead atoms. The Morgan fingerprint density at radius 3 is 0.730 bits per heavy atom. The minimum atomic E-state index is 0. The first-order valence-electron chi connectivity index (χ1n) is 13.2. The highest BCUT2D eigenvalue weighted by Gasteiger charge is 2.12. The number of rotatable bonds is 4. The molecule has 0 amide bonds. The average molecular weight is 658 g/mol. The molecule has 0 radical (unpaired) electrons. The van der Waals surface area contributed by atoms with E-state index in [9.17, 15) is 0 Å². The van der Waals surface area contributed by atoms with E-state index in [4.69, 9.17) is 0 Å². The van der Waals surface area contributed by atoms with E-state index in [1.807, 2.05) is 0 Å². The molecule has 2 aliphatic heterocycles. The maximum Gasteiger partial charge on any atom is -0.000653 e. The Morgan fingerprint density at radius 2 is 0.514 bits per heavy atom. The van der Waals surface area contributed by atoms with Crippen molar-refractivity contribution in [3.63, 3.8) is 0 Å². The van der Waals surface area contributed by atoms with Gasteiger partial charge in [0.1, 0.15) is 0 Å². The third-order valence-corrected chi connectivity index (χ3v) is 7.16. The smallest absolute Gasteiger partial charge is 0.000653 e. The van der Waals surface area contributed by atoms with Gasteiger partial charge in [-0.15, -0.1) is 74.4 Å². The summed E-state index contributed by atoms with van der Waals surface area (Å²) in [7, 11) is 9.17. The van der Waals surface area contributed by atoms with Crippen LogP contribution in [0.1, 0.15) is 44.9 Å². The lowest BCUT2D eigenvalue weighted by molar-refractivity contribution is 0.183. The molecule has 0 atom stereocenters. The molecule has 37 heavy (non-hydrogen) atoms. The second-order valence-electron chi connectivity index (χ2n) is 10.4. The largest absolute Gasteiger partial charge is 0.306 e. The van der Waals surface area contributed by atoms with Gasteiger partial charge in [0.2, 0.25) is 0 Å². The molecule has 0 spiro atoms. The van der Waals surface area contributed by atoms with E-state index in [2.05, 4.69) is 57.6 Å². The molecule has 2 fully saturated rings. The Labute approximate surface area is 267 Å². The standard InChI is InChI=1S/C25H54N6.6ClH/c1-26-12-5-13-27(2)17-8-21-30(20-7-16-26)24-11-25-31-22-9-18-28(3)14-6-15-29(4)19-10-23-31;;;;;;/h5-25H2,1-4H3;6*1H. The second kappa shape index (κ2) is 30.5. The van der Waals surface area contributed by atoms with E-state index in [1.165, 1.54) is 137 Å². The summed E-state index contributed by atoms with van der Waals surface area (Å²) in [4.78, 5) is 15.6. The summed E-state index contributed by atoms with van der Waals surface area (Å²) < 4.78 is 0. The Bertz CT molecular complexity index is 388. The molecule has 12 heteroatoms. The topological polar surface area (TPSA) is 19.4 Å². The summed E-state index contributed by atoms with van der Waals surface area (Å²) in [5, 5.41) is 0. The first-order valence-corrected chi connectivity index (χ1v) is 13.2. The van der Waals surface area contributed by atoms with E-state index in [0.29, 0.717) is 0 Å². The molecule has 2 heterocycles. The van der Waals surface area contributed by atoms with Gasteiger partial charge in [-0.05, 0) is 165 Å². The third kappa shape index (κ3) is 25.0. The van der Waals surface area contributed by atoms with Crippen LogP contribution in [0.4, 0.5) is 0 Å². The lowest BCUT2D eigenvalue weighted by atomic mass is 10.2. The molecule has 6 nitrogen and oxygen atoms in total. The van der Waals surface area contributed by atoms with Gasteiger partial charge < -0.3 is 29.4 Å². The van der Waals surface area contributed by atoms with Crippen LogP contribution in [-0.2, 0) is 0 Å². The first-order chi connectivity index (χ1) is 15.0. The van der Waals surface area contributed by atoms with Gasteiger partial charge in [0.05, 0.1) is 0 Å². The van der Waals surface area contributed by atoms with Crippen molar-refractivity contribution in [3.8, 4) is 0 Å². The van der Waals surface area contributed by atoms with Crippen molar-refractivity contribution in [2.75, 3.05) is 120 Å². The van der Waals surface area contributed by atoms with Crippen LogP contribution in [0.5, 0.6) is 0 Å². The van der Waals surface area contributed by atoms with Crippen molar-refractivity contribution in [3.05, 3.63) is 0 Å². The van der Waals surface area contributed by atoms with Crippen molar-refractivity contribution in [1.82, 2.24) is 29.4 Å². The fourth-order valence-electron chi connectivity index (χ4n) is 5.11. The first kappa shape index (κ1) is 48.2. The van der Waals surface area contributed by atoms with Gasteiger partial charge in [0.25, 0.3) is 0 Å². The predicted molar refractivity (Wildman–Crippen MR) is 179 cm³/mol. The van der Waals surface area contributed by atoms with E-state index >= 15 is 0 Å². The molecule has 0 saturated carbocycles. The number of nitrogens with zero attached hydrogens (tertiary/aromatic N) is 6. The zero-order chi connectivity index (χ0) is 22.3. The number of halogens is 6. The van der Waals surface area contributed by atoms with Crippen LogP contribution in [0.15, 0.2) is 0 Å². The van der Waals surface area contributed by atoms with Gasteiger partial charge in [-0.3, -0.25) is 0 Å². The summed E-state index contributed by atoms with van der Waals surface area (Å²) in [6.45, 7) is 17.5. The molecule has 0 aromatic heterocycles. The highest BCUT2D eigenvalue weighted by molar-refractivity contribution is 5.86. The molecule has 0 aliphatic carbocycles. The predicted octanol–water partition coefficient (Wildman–Crippen LogP) is 4.61. The lowest BCUT2D eigenvalue weighted by Gasteiger charge is -2.29. The van der Waals surface area contributed by atoms with Gasteiger partial charge >= 0.3 is 0 Å². The summed E-state index contributed by atoms with van der Waals surface area (Å²) in [6, 6.07) is 0. The summed E-state index contributed by atoms with van der Waals surface area (Å²) in [5.41, 5.74) is 0. The van der Waals surface area contributed by atoms with Gasteiger partial charge in [-0.25, -0.2) is 0 Å². The Kier molecular flexibility index (Phi) is 39.7. The van der Waals surface area contributed by atoms with Gasteiger partial charge in [0, 0.05) is 0 Å². The van der Waals surface area contributed by atoms with Crippen LogP contribution in [-0.4, -0.2) is 149 Å². The highest BCUT2D eigenvalue weighted by Crippen LogP contribution is 2.06. The van der Waals surface area contributed by atoms with E-state index in [0.717, 1.165) is 0 Å². The van der Waals surface area contributed by atoms with Crippen molar-refractivity contribution < 1.29 is 0 Å². The quantitative estimate of drug-likeness (QED) is 0.438. The maximum absolute atomic E-state index is 2.75. The van der Waals surface area contributed by atoms with Crippen LogP contribution >= 0.6 is 74.4 Å². The summed E-state index contributed by atoms with van der Waals surface area (Å²) >= 11 is 0. The Balaban J connectivity index is -0.000000569. The lowest BCUT2D eigenvalue weighted by Crippen LogP contribution is -2.37. The van der Waals surface area contributed by atoms with Crippen molar-refractivity contribution >= 4 is 74.4 Å². The van der Waals surface area contributed by atoms with Crippen LogP contribution in [0, 0.1) is 0 Å². The SMILES string of the molecule is CN1CCCN(C)CCCN(CCCN2CCCN(C)CCCN(C)CCC2)CCC1.Cl.Cl.Cl.Cl.Cl.Cl. The monoisotopic (exact) mass is 654 g/mol. The Morgan fingerprint density at radius 1 is 0.324 bits per heavy atom. The van der Waals surface area contributed by atoms with E-state index < -0.39 is 0 Å². The molecule has 0 aromatic rings. The van der Waals surface area contributed by atoms with Crippen LogP contribution < -0.4 is 0 Å². The number of hydrogen-bond donors (Lipinski definition) is 0. The average Bonchev–Trinajstić information content (AvgIpc) is 2.71. The number of hydrogen-bond acceptors (Lipinski definition) is 6. The molecule has 232 valence electrons. The maximum atomic E-state index is 2.75. The molecule has 2 saturated heterocycles. The molecule has 0 aromatic carbocycles. The second-order valence-corrected chi connectivity index (χ2v) is 10.4. The molecule has 0 unspecified atom stereocenters. The van der Waals surface area contributed by atoms with Crippen molar-refractivity contribution in [1.29, 1.82) is 0 Å².